The fourth-order valence-electron chi connectivity index (χ4n) is 10.4. The second kappa shape index (κ2) is 12.4. The van der Waals surface area contributed by atoms with Gasteiger partial charge in [-0.05, 0) is 80.0 Å². The number of ketones is 2. The van der Waals surface area contributed by atoms with E-state index in [2.05, 4.69) is 13.8 Å². The van der Waals surface area contributed by atoms with Crippen LogP contribution in [0.5, 0.6) is 0 Å². The highest BCUT2D eigenvalue weighted by Gasteiger charge is 2.67. The Kier molecular flexibility index (Phi) is 9.12. The summed E-state index contributed by atoms with van der Waals surface area (Å²) in [5.74, 6) is -1.27. The molecule has 0 spiro atoms. The molecule has 0 amide bonds. The molecule has 8 heteroatoms. The van der Waals surface area contributed by atoms with Crippen molar-refractivity contribution in [1.29, 1.82) is 0 Å². The zero-order valence-corrected chi connectivity index (χ0v) is 27.0. The van der Waals surface area contributed by atoms with Crippen molar-refractivity contribution in [2.75, 3.05) is 0 Å². The van der Waals surface area contributed by atoms with E-state index >= 15 is 0 Å². The number of carbonyl (C=O) groups is 5. The van der Waals surface area contributed by atoms with E-state index in [0.29, 0.717) is 18.4 Å². The minimum atomic E-state index is -0.470. The summed E-state index contributed by atoms with van der Waals surface area (Å²) in [4.78, 5) is 63.0. The molecule has 0 unspecified atom stereocenters. The molecule has 1 aromatic rings. The number of esters is 3. The van der Waals surface area contributed by atoms with Gasteiger partial charge in [0.15, 0.2) is 0 Å². The van der Waals surface area contributed by atoms with Crippen LogP contribution in [0.25, 0.3) is 0 Å². The number of rotatable bonds is 8. The van der Waals surface area contributed by atoms with Crippen LogP contribution < -0.4 is 0 Å². The topological polar surface area (TPSA) is 113 Å². The standard InChI is InChI=1S/C36H48O8/c1-20(16-30(40)34(41)24-10-8-7-9-11-24)27-12-13-28-33-29(19-32(36(27,28)6)44-23(4)39)35(5)15-14-26(42-21(2)37)17-25(35)18-31(33)43-22(3)38/h7-11,20,25-29,31-33H,12-19H2,1-6H3/t20-,25+,26-,27+,28-,29-,31+,32-,33-,35-,36+/m0/s1. The molecule has 4 aliphatic rings. The van der Waals surface area contributed by atoms with Crippen molar-refractivity contribution in [1.82, 2.24) is 0 Å². The highest BCUT2D eigenvalue weighted by molar-refractivity contribution is 6.43. The molecule has 0 aromatic heterocycles. The Morgan fingerprint density at radius 1 is 0.818 bits per heavy atom. The Bertz CT molecular complexity index is 1290. The summed E-state index contributed by atoms with van der Waals surface area (Å²) in [6.45, 7) is 10.9. The molecule has 5 rings (SSSR count). The molecular weight excluding hydrogens is 560 g/mol. The van der Waals surface area contributed by atoms with Gasteiger partial charge in [0.25, 0.3) is 0 Å². The van der Waals surface area contributed by atoms with Crippen LogP contribution in [-0.4, -0.2) is 47.8 Å². The molecule has 0 aliphatic heterocycles. The van der Waals surface area contributed by atoms with Crippen molar-refractivity contribution in [3.63, 3.8) is 0 Å². The molecule has 44 heavy (non-hydrogen) atoms. The molecular formula is C36H48O8. The van der Waals surface area contributed by atoms with E-state index in [-0.39, 0.29) is 83.6 Å². The van der Waals surface area contributed by atoms with Crippen LogP contribution in [0.1, 0.15) is 103 Å². The Morgan fingerprint density at radius 2 is 1.48 bits per heavy atom. The SMILES string of the molecule is CC(=O)O[C@H]1CC[C@@]2(C)[C@H](C1)C[C@@H](OC(C)=O)[C@@H]1[C@@H]2C[C@H](OC(C)=O)[C@]2(C)[C@@H]([C@@H](C)CC(=O)C(=O)c3ccccc3)CC[C@@H]12. The summed E-state index contributed by atoms with van der Waals surface area (Å²) in [7, 11) is 0. The minimum absolute atomic E-state index is 0.0496. The van der Waals surface area contributed by atoms with E-state index < -0.39 is 17.0 Å². The molecule has 0 N–H and O–H groups in total. The fraction of sp³-hybridized carbons (Fsp3) is 0.694. The summed E-state index contributed by atoms with van der Waals surface area (Å²) in [6.07, 6.45) is 4.82. The molecule has 0 heterocycles. The summed E-state index contributed by atoms with van der Waals surface area (Å²) in [6, 6.07) is 8.67. The zero-order chi connectivity index (χ0) is 32.0. The van der Waals surface area contributed by atoms with Gasteiger partial charge in [-0.2, -0.15) is 0 Å². The summed E-state index contributed by atoms with van der Waals surface area (Å²) in [5, 5.41) is 0. The van der Waals surface area contributed by atoms with Gasteiger partial charge in [0.05, 0.1) is 0 Å². The van der Waals surface area contributed by atoms with Gasteiger partial charge >= 0.3 is 17.9 Å². The maximum Gasteiger partial charge on any atom is 0.302 e. The molecule has 0 radical (unpaired) electrons. The highest BCUT2D eigenvalue weighted by atomic mass is 16.6. The van der Waals surface area contributed by atoms with Crippen molar-refractivity contribution >= 4 is 29.5 Å². The van der Waals surface area contributed by atoms with E-state index in [0.717, 1.165) is 32.1 Å². The Morgan fingerprint density at radius 3 is 2.11 bits per heavy atom. The molecule has 11 atom stereocenters. The third-order valence-corrected chi connectivity index (χ3v) is 12.2. The molecule has 0 bridgehead atoms. The first kappa shape index (κ1) is 32.4. The highest BCUT2D eigenvalue weighted by Crippen LogP contribution is 2.69. The van der Waals surface area contributed by atoms with Gasteiger partial charge in [-0.15, -0.1) is 0 Å². The van der Waals surface area contributed by atoms with Crippen molar-refractivity contribution in [3.8, 4) is 0 Å². The Labute approximate surface area is 261 Å². The van der Waals surface area contributed by atoms with E-state index in [1.807, 2.05) is 13.0 Å². The van der Waals surface area contributed by atoms with E-state index in [1.54, 1.807) is 24.3 Å². The van der Waals surface area contributed by atoms with Crippen LogP contribution >= 0.6 is 0 Å². The van der Waals surface area contributed by atoms with E-state index in [1.165, 1.54) is 20.8 Å². The Balaban J connectivity index is 1.46. The predicted molar refractivity (Wildman–Crippen MR) is 162 cm³/mol. The number of hydrogen-bond donors (Lipinski definition) is 0. The largest absolute Gasteiger partial charge is 0.463 e. The predicted octanol–water partition coefficient (Wildman–Crippen LogP) is 6.14. The maximum absolute atomic E-state index is 13.2. The van der Waals surface area contributed by atoms with Crippen LogP contribution in [0.3, 0.4) is 0 Å². The van der Waals surface area contributed by atoms with Gasteiger partial charge in [0, 0.05) is 44.1 Å². The third-order valence-electron chi connectivity index (χ3n) is 12.2. The Hall–Kier alpha value is -3.03. The molecule has 4 aliphatic carbocycles. The lowest BCUT2D eigenvalue weighted by Gasteiger charge is -2.64. The van der Waals surface area contributed by atoms with Crippen LogP contribution in [-0.2, 0) is 33.4 Å². The van der Waals surface area contributed by atoms with Crippen molar-refractivity contribution in [2.45, 2.75) is 111 Å². The van der Waals surface area contributed by atoms with Gasteiger partial charge in [-0.25, -0.2) is 0 Å². The fourth-order valence-corrected chi connectivity index (χ4v) is 10.4. The number of benzene rings is 1. The lowest BCUT2D eigenvalue weighted by atomic mass is 9.43. The first-order valence-corrected chi connectivity index (χ1v) is 16.4. The molecule has 1 aromatic carbocycles. The molecule has 240 valence electrons. The number of fused-ring (bicyclic) bond motifs is 5. The van der Waals surface area contributed by atoms with Gasteiger partial charge in [-0.3, -0.25) is 24.0 Å². The van der Waals surface area contributed by atoms with Crippen LogP contribution in [0.2, 0.25) is 0 Å². The van der Waals surface area contributed by atoms with E-state index in [4.69, 9.17) is 14.2 Å². The molecule has 4 saturated carbocycles. The van der Waals surface area contributed by atoms with Crippen molar-refractivity contribution < 1.29 is 38.2 Å². The van der Waals surface area contributed by atoms with Gasteiger partial charge < -0.3 is 14.2 Å². The average molecular weight is 609 g/mol. The summed E-state index contributed by atoms with van der Waals surface area (Å²) >= 11 is 0. The van der Waals surface area contributed by atoms with Gasteiger partial charge in [0.1, 0.15) is 18.3 Å². The monoisotopic (exact) mass is 608 g/mol. The average Bonchev–Trinajstić information content (AvgIpc) is 3.31. The second-order valence-electron chi connectivity index (χ2n) is 14.6. The van der Waals surface area contributed by atoms with Crippen LogP contribution in [0, 0.1) is 46.3 Å². The van der Waals surface area contributed by atoms with Crippen molar-refractivity contribution in [2.24, 2.45) is 46.3 Å². The van der Waals surface area contributed by atoms with Gasteiger partial charge in [-0.1, -0.05) is 51.1 Å². The number of ether oxygens (including phenoxy) is 3. The van der Waals surface area contributed by atoms with Crippen molar-refractivity contribution in [3.05, 3.63) is 35.9 Å². The van der Waals surface area contributed by atoms with Crippen LogP contribution in [0.15, 0.2) is 30.3 Å². The van der Waals surface area contributed by atoms with Crippen LogP contribution in [0.4, 0.5) is 0 Å². The zero-order valence-electron chi connectivity index (χ0n) is 27.0. The normalized spacial score (nSPS) is 38.2. The lowest BCUT2D eigenvalue weighted by molar-refractivity contribution is -0.224. The second-order valence-corrected chi connectivity index (χ2v) is 14.6. The number of carbonyl (C=O) groups excluding carboxylic acids is 5. The smallest absolute Gasteiger partial charge is 0.302 e. The first-order chi connectivity index (χ1) is 20.7. The molecule has 4 fully saturated rings. The number of Topliss-reactive ketones (excluding diaryl/α,β-unsaturated/α-hetero) is 2. The van der Waals surface area contributed by atoms with Gasteiger partial charge in [0.2, 0.25) is 11.6 Å². The third kappa shape index (κ3) is 5.85. The minimum Gasteiger partial charge on any atom is -0.463 e. The summed E-state index contributed by atoms with van der Waals surface area (Å²) in [5.41, 5.74) is -0.130. The number of hydrogen-bond acceptors (Lipinski definition) is 8. The van der Waals surface area contributed by atoms with E-state index in [9.17, 15) is 24.0 Å². The first-order valence-electron chi connectivity index (χ1n) is 16.4. The summed E-state index contributed by atoms with van der Waals surface area (Å²) < 4.78 is 18.0. The quantitative estimate of drug-likeness (QED) is 0.150. The molecule has 0 saturated heterocycles. The maximum atomic E-state index is 13.2. The molecule has 8 nitrogen and oxygen atoms in total. The lowest BCUT2D eigenvalue weighted by Crippen LogP contribution is -2.63.